The number of hydrogen-bond acceptors (Lipinski definition) is 1. The van der Waals surface area contributed by atoms with Crippen molar-refractivity contribution in [3.8, 4) is 0 Å². The van der Waals surface area contributed by atoms with Gasteiger partial charge in [0.05, 0.1) is 5.56 Å². The molecule has 0 aliphatic carbocycles. The van der Waals surface area contributed by atoms with E-state index < -0.39 is 23.6 Å². The number of benzene rings is 2. The zero-order valence-corrected chi connectivity index (χ0v) is 11.4. The molecule has 0 bridgehead atoms. The molecule has 0 amide bonds. The standard InChI is InChI=1S/C16H15F4N/c1-10-13(16(18,19)20)8-7-12(15(10)17)9-14(21)11-5-3-2-4-6-11/h2-8,14H,9,21H2,1H3/t14-/m1/s1. The van der Waals surface area contributed by atoms with E-state index in [9.17, 15) is 17.6 Å². The topological polar surface area (TPSA) is 26.0 Å². The minimum Gasteiger partial charge on any atom is -0.324 e. The lowest BCUT2D eigenvalue weighted by atomic mass is 9.96. The molecular weight excluding hydrogens is 282 g/mol. The Morgan fingerprint density at radius 3 is 2.24 bits per heavy atom. The molecule has 0 fully saturated rings. The molecule has 2 aromatic rings. The van der Waals surface area contributed by atoms with Crippen LogP contribution in [0.5, 0.6) is 0 Å². The van der Waals surface area contributed by atoms with E-state index in [2.05, 4.69) is 0 Å². The molecule has 0 aliphatic heterocycles. The molecule has 0 saturated heterocycles. The summed E-state index contributed by atoms with van der Waals surface area (Å²) < 4.78 is 52.2. The van der Waals surface area contributed by atoms with E-state index in [1.165, 1.54) is 0 Å². The third kappa shape index (κ3) is 3.42. The maximum Gasteiger partial charge on any atom is 0.416 e. The van der Waals surface area contributed by atoms with Gasteiger partial charge < -0.3 is 5.73 Å². The maximum absolute atomic E-state index is 14.1. The van der Waals surface area contributed by atoms with Crippen molar-refractivity contribution in [3.05, 3.63) is 70.5 Å². The first-order valence-electron chi connectivity index (χ1n) is 6.46. The molecule has 2 rings (SSSR count). The van der Waals surface area contributed by atoms with Gasteiger partial charge in [-0.05, 0) is 36.1 Å². The first-order valence-corrected chi connectivity index (χ1v) is 6.46. The summed E-state index contributed by atoms with van der Waals surface area (Å²) in [5, 5.41) is 0. The lowest BCUT2D eigenvalue weighted by molar-refractivity contribution is -0.138. The lowest BCUT2D eigenvalue weighted by Crippen LogP contribution is -2.16. The summed E-state index contributed by atoms with van der Waals surface area (Å²) in [5.41, 5.74) is 5.65. The largest absolute Gasteiger partial charge is 0.416 e. The molecule has 0 unspecified atom stereocenters. The van der Waals surface area contributed by atoms with Crippen LogP contribution < -0.4 is 5.73 Å². The van der Waals surface area contributed by atoms with Crippen LogP contribution in [0.2, 0.25) is 0 Å². The van der Waals surface area contributed by atoms with Crippen LogP contribution in [0.3, 0.4) is 0 Å². The zero-order chi connectivity index (χ0) is 15.6. The van der Waals surface area contributed by atoms with Crippen molar-refractivity contribution < 1.29 is 17.6 Å². The van der Waals surface area contributed by atoms with Gasteiger partial charge in [0.2, 0.25) is 0 Å². The average Bonchev–Trinajstić information content (AvgIpc) is 2.43. The van der Waals surface area contributed by atoms with Crippen LogP contribution in [0.4, 0.5) is 17.6 Å². The predicted molar refractivity (Wildman–Crippen MR) is 73.2 cm³/mol. The van der Waals surface area contributed by atoms with E-state index in [4.69, 9.17) is 5.73 Å². The molecule has 5 heteroatoms. The Bertz CT molecular complexity index is 620. The van der Waals surface area contributed by atoms with Crippen LogP contribution in [0.25, 0.3) is 0 Å². The predicted octanol–water partition coefficient (Wildman–Crippen LogP) is 4.40. The van der Waals surface area contributed by atoms with Crippen molar-refractivity contribution in [2.45, 2.75) is 25.6 Å². The second-order valence-corrected chi connectivity index (χ2v) is 4.93. The van der Waals surface area contributed by atoms with E-state index in [1.807, 2.05) is 18.2 Å². The molecule has 0 saturated carbocycles. The Labute approximate surface area is 120 Å². The van der Waals surface area contributed by atoms with Gasteiger partial charge in [0.1, 0.15) is 5.82 Å². The van der Waals surface area contributed by atoms with Crippen LogP contribution in [0.15, 0.2) is 42.5 Å². The molecule has 0 radical (unpaired) electrons. The first-order chi connectivity index (χ1) is 9.80. The van der Waals surface area contributed by atoms with Crippen LogP contribution >= 0.6 is 0 Å². The van der Waals surface area contributed by atoms with E-state index in [1.54, 1.807) is 12.1 Å². The van der Waals surface area contributed by atoms with Crippen LogP contribution in [-0.2, 0) is 12.6 Å². The minimum absolute atomic E-state index is 0.148. The molecule has 1 atom stereocenters. The van der Waals surface area contributed by atoms with Gasteiger partial charge in [0, 0.05) is 6.04 Å². The fraction of sp³-hybridized carbons (Fsp3) is 0.250. The van der Waals surface area contributed by atoms with Crippen LogP contribution in [-0.4, -0.2) is 0 Å². The summed E-state index contributed by atoms with van der Waals surface area (Å²) >= 11 is 0. The second-order valence-electron chi connectivity index (χ2n) is 4.93. The molecule has 21 heavy (non-hydrogen) atoms. The summed E-state index contributed by atoms with van der Waals surface area (Å²) in [7, 11) is 0. The normalized spacial score (nSPS) is 13.2. The highest BCUT2D eigenvalue weighted by Gasteiger charge is 2.33. The molecule has 0 aromatic heterocycles. The van der Waals surface area contributed by atoms with Crippen molar-refractivity contribution in [3.63, 3.8) is 0 Å². The fourth-order valence-corrected chi connectivity index (χ4v) is 2.26. The molecule has 2 N–H and O–H groups in total. The van der Waals surface area contributed by atoms with Gasteiger partial charge in [0.25, 0.3) is 0 Å². The summed E-state index contributed by atoms with van der Waals surface area (Å²) in [4.78, 5) is 0. The number of nitrogens with two attached hydrogens (primary N) is 1. The van der Waals surface area contributed by atoms with Gasteiger partial charge in [-0.3, -0.25) is 0 Å². The van der Waals surface area contributed by atoms with E-state index in [-0.39, 0.29) is 17.5 Å². The van der Waals surface area contributed by atoms with E-state index in [0.717, 1.165) is 24.6 Å². The van der Waals surface area contributed by atoms with E-state index >= 15 is 0 Å². The highest BCUT2D eigenvalue weighted by Crippen LogP contribution is 2.34. The Morgan fingerprint density at radius 2 is 1.67 bits per heavy atom. The molecule has 2 aromatic carbocycles. The van der Waals surface area contributed by atoms with Gasteiger partial charge in [-0.2, -0.15) is 13.2 Å². The minimum atomic E-state index is -4.55. The monoisotopic (exact) mass is 297 g/mol. The number of rotatable bonds is 3. The second kappa shape index (κ2) is 5.85. The number of hydrogen-bond donors (Lipinski definition) is 1. The van der Waals surface area contributed by atoms with Crippen molar-refractivity contribution in [2.75, 3.05) is 0 Å². The van der Waals surface area contributed by atoms with Gasteiger partial charge in [0.15, 0.2) is 0 Å². The SMILES string of the molecule is Cc1c(C(F)(F)F)ccc(C[C@@H](N)c2ccccc2)c1F. The third-order valence-corrected chi connectivity index (χ3v) is 3.44. The highest BCUT2D eigenvalue weighted by molar-refractivity contribution is 5.36. The van der Waals surface area contributed by atoms with Crippen LogP contribution in [0.1, 0.15) is 28.3 Å². The third-order valence-electron chi connectivity index (χ3n) is 3.44. The average molecular weight is 297 g/mol. The van der Waals surface area contributed by atoms with Gasteiger partial charge >= 0.3 is 6.18 Å². The smallest absolute Gasteiger partial charge is 0.324 e. The van der Waals surface area contributed by atoms with E-state index in [0.29, 0.717) is 0 Å². The Morgan fingerprint density at radius 1 is 1.05 bits per heavy atom. The number of halogens is 4. The summed E-state index contributed by atoms with van der Waals surface area (Å²) in [6.07, 6.45) is -4.40. The molecule has 1 nitrogen and oxygen atoms in total. The fourth-order valence-electron chi connectivity index (χ4n) is 2.26. The maximum atomic E-state index is 14.1. The van der Waals surface area contributed by atoms with Crippen LogP contribution in [0, 0.1) is 12.7 Å². The van der Waals surface area contributed by atoms with Gasteiger partial charge in [-0.15, -0.1) is 0 Å². The molecule has 0 aliphatic rings. The first kappa shape index (κ1) is 15.5. The Kier molecular flexibility index (Phi) is 4.32. The summed E-state index contributed by atoms with van der Waals surface area (Å²) in [5.74, 6) is -0.837. The number of alkyl halides is 3. The molecule has 112 valence electrons. The summed E-state index contributed by atoms with van der Waals surface area (Å²) in [6.45, 7) is 1.13. The zero-order valence-electron chi connectivity index (χ0n) is 11.4. The van der Waals surface area contributed by atoms with Crippen molar-refractivity contribution in [1.29, 1.82) is 0 Å². The quantitative estimate of drug-likeness (QED) is 0.835. The van der Waals surface area contributed by atoms with Crippen molar-refractivity contribution in [2.24, 2.45) is 5.73 Å². The molecule has 0 heterocycles. The Hall–Kier alpha value is -1.88. The Balaban J connectivity index is 2.28. The molecule has 0 spiro atoms. The highest BCUT2D eigenvalue weighted by atomic mass is 19.4. The van der Waals surface area contributed by atoms with Crippen molar-refractivity contribution in [1.82, 2.24) is 0 Å². The van der Waals surface area contributed by atoms with Gasteiger partial charge in [-0.1, -0.05) is 36.4 Å². The van der Waals surface area contributed by atoms with Crippen molar-refractivity contribution >= 4 is 0 Å². The van der Waals surface area contributed by atoms with Gasteiger partial charge in [-0.25, -0.2) is 4.39 Å². The lowest BCUT2D eigenvalue weighted by Gasteiger charge is -2.16. The summed E-state index contributed by atoms with van der Waals surface area (Å²) in [6, 6.07) is 10.7. The molecular formula is C16H15F4N.